The first-order valence-corrected chi connectivity index (χ1v) is 13.7. The molecule has 2 aromatic carbocycles. The molecule has 1 aliphatic heterocycles. The molecular formula is C27H35NO6Si. The van der Waals surface area contributed by atoms with Crippen LogP contribution in [0.5, 0.6) is 0 Å². The van der Waals surface area contributed by atoms with Crippen LogP contribution >= 0.6 is 0 Å². The van der Waals surface area contributed by atoms with Crippen LogP contribution in [0, 0.1) is 5.92 Å². The number of hydrogen-bond donors (Lipinski definition) is 1. The Bertz CT molecular complexity index is 1020. The normalized spacial score (nSPS) is 19.0. The number of benzene rings is 2. The van der Waals surface area contributed by atoms with Crippen molar-refractivity contribution < 1.29 is 28.7 Å². The molecule has 1 heterocycles. The Morgan fingerprint density at radius 1 is 0.943 bits per heavy atom. The van der Waals surface area contributed by atoms with Gasteiger partial charge in [0.25, 0.3) is 8.32 Å². The molecule has 1 N–H and O–H groups in total. The maximum Gasteiger partial charge on any atom is 0.417 e. The molecule has 0 bridgehead atoms. The van der Waals surface area contributed by atoms with E-state index in [1.807, 2.05) is 36.4 Å². The number of rotatable bonds is 6. The van der Waals surface area contributed by atoms with Gasteiger partial charge in [0.05, 0.1) is 12.6 Å². The van der Waals surface area contributed by atoms with Gasteiger partial charge >= 0.3 is 12.1 Å². The molecule has 8 heteroatoms. The zero-order chi connectivity index (χ0) is 26.0. The number of carboxylic acid groups (broad SMARTS) is 1. The van der Waals surface area contributed by atoms with E-state index in [1.54, 1.807) is 20.8 Å². The second-order valence-electron chi connectivity index (χ2n) is 10.9. The van der Waals surface area contributed by atoms with Crippen LogP contribution in [0.4, 0.5) is 4.79 Å². The lowest BCUT2D eigenvalue weighted by Gasteiger charge is -2.44. The van der Waals surface area contributed by atoms with Gasteiger partial charge in [0, 0.05) is 0 Å². The van der Waals surface area contributed by atoms with Crippen molar-refractivity contribution in [1.29, 1.82) is 0 Å². The summed E-state index contributed by atoms with van der Waals surface area (Å²) in [5, 5.41) is 11.4. The van der Waals surface area contributed by atoms with Gasteiger partial charge in [-0.05, 0) is 42.6 Å². The molecule has 2 atom stereocenters. The number of nitrogens with zero attached hydrogens (tertiary/aromatic N) is 1. The van der Waals surface area contributed by atoms with Crippen molar-refractivity contribution in [1.82, 2.24) is 4.90 Å². The van der Waals surface area contributed by atoms with Gasteiger partial charge in [-0.2, -0.15) is 0 Å². The Morgan fingerprint density at radius 2 is 1.43 bits per heavy atom. The summed E-state index contributed by atoms with van der Waals surface area (Å²) in [5.74, 6) is -3.32. The first-order chi connectivity index (χ1) is 16.3. The summed E-state index contributed by atoms with van der Waals surface area (Å²) in [6.45, 7) is 11.5. The molecule has 2 aromatic rings. The largest absolute Gasteiger partial charge is 0.481 e. The topological polar surface area (TPSA) is 93.1 Å². The lowest BCUT2D eigenvalue weighted by Crippen LogP contribution is -2.67. The van der Waals surface area contributed by atoms with Crippen molar-refractivity contribution in [3.05, 3.63) is 60.7 Å². The van der Waals surface area contributed by atoms with E-state index in [1.165, 1.54) is 0 Å². The van der Waals surface area contributed by atoms with E-state index in [4.69, 9.17) is 9.16 Å². The minimum atomic E-state index is -2.94. The third kappa shape index (κ3) is 5.49. The highest BCUT2D eigenvalue weighted by atomic mass is 28.4. The molecule has 2 amide bonds. The van der Waals surface area contributed by atoms with E-state index in [9.17, 15) is 19.5 Å². The average Bonchev–Trinajstić information content (AvgIpc) is 3.10. The highest BCUT2D eigenvalue weighted by Crippen LogP contribution is 2.38. The Kier molecular flexibility index (Phi) is 7.57. The fraction of sp³-hybridized carbons (Fsp3) is 0.444. The van der Waals surface area contributed by atoms with Gasteiger partial charge in [0.1, 0.15) is 11.5 Å². The highest BCUT2D eigenvalue weighted by molar-refractivity contribution is 6.99. The number of carboxylic acids is 1. The minimum absolute atomic E-state index is 0.0159. The molecule has 0 saturated carbocycles. The van der Waals surface area contributed by atoms with Crippen LogP contribution < -0.4 is 10.4 Å². The molecule has 1 unspecified atom stereocenters. The summed E-state index contributed by atoms with van der Waals surface area (Å²) >= 11 is 0. The van der Waals surface area contributed by atoms with Crippen molar-refractivity contribution in [2.45, 2.75) is 64.6 Å². The average molecular weight is 498 g/mol. The number of hydrogen-bond acceptors (Lipinski definition) is 5. The fourth-order valence-electron chi connectivity index (χ4n) is 4.71. The Labute approximate surface area is 208 Å². The Hall–Kier alpha value is -2.97. The van der Waals surface area contributed by atoms with Crippen molar-refractivity contribution >= 4 is 36.7 Å². The smallest absolute Gasteiger partial charge is 0.417 e. The number of ether oxygens (including phenoxy) is 1. The quantitative estimate of drug-likeness (QED) is 0.482. The minimum Gasteiger partial charge on any atom is -0.481 e. The summed E-state index contributed by atoms with van der Waals surface area (Å²) in [6.07, 6.45) is -0.867. The van der Waals surface area contributed by atoms with Crippen LogP contribution in [0.15, 0.2) is 60.7 Å². The lowest BCUT2D eigenvalue weighted by molar-refractivity contribution is -0.147. The molecule has 0 aromatic heterocycles. The van der Waals surface area contributed by atoms with Crippen LogP contribution in [0.25, 0.3) is 0 Å². The molecular weight excluding hydrogens is 462 g/mol. The van der Waals surface area contributed by atoms with Crippen LogP contribution in [0.3, 0.4) is 0 Å². The maximum absolute atomic E-state index is 13.0. The molecule has 0 radical (unpaired) electrons. The number of carbonyl (C=O) groups excluding carboxylic acids is 2. The van der Waals surface area contributed by atoms with Crippen molar-refractivity contribution in [3.8, 4) is 0 Å². The van der Waals surface area contributed by atoms with Gasteiger partial charge in [-0.25, -0.2) is 9.69 Å². The maximum atomic E-state index is 13.0. The molecule has 188 valence electrons. The van der Waals surface area contributed by atoms with E-state index in [-0.39, 0.29) is 18.1 Å². The zero-order valence-electron chi connectivity index (χ0n) is 21.3. The molecule has 3 rings (SSSR count). The molecule has 1 saturated heterocycles. The Balaban J connectivity index is 2.04. The molecule has 0 aliphatic carbocycles. The second-order valence-corrected chi connectivity index (χ2v) is 15.2. The summed E-state index contributed by atoms with van der Waals surface area (Å²) in [7, 11) is -2.94. The third-order valence-electron chi connectivity index (χ3n) is 6.21. The first kappa shape index (κ1) is 26.6. The summed E-state index contributed by atoms with van der Waals surface area (Å²) < 4.78 is 12.3. The van der Waals surface area contributed by atoms with Gasteiger partial charge < -0.3 is 14.3 Å². The summed E-state index contributed by atoms with van der Waals surface area (Å²) in [4.78, 5) is 38.6. The van der Waals surface area contributed by atoms with Gasteiger partial charge in [-0.15, -0.1) is 0 Å². The van der Waals surface area contributed by atoms with Crippen LogP contribution in [0.2, 0.25) is 5.04 Å². The van der Waals surface area contributed by atoms with Crippen LogP contribution in [-0.4, -0.2) is 54.5 Å². The van der Waals surface area contributed by atoms with Crippen molar-refractivity contribution in [2.75, 3.05) is 6.61 Å². The predicted octanol–water partition coefficient (Wildman–Crippen LogP) is 3.80. The number of carbonyl (C=O) groups is 3. The van der Waals surface area contributed by atoms with Crippen LogP contribution in [-0.2, 0) is 18.8 Å². The van der Waals surface area contributed by atoms with Crippen molar-refractivity contribution in [3.63, 3.8) is 0 Å². The van der Waals surface area contributed by atoms with Gasteiger partial charge in [0.15, 0.2) is 0 Å². The van der Waals surface area contributed by atoms with Crippen molar-refractivity contribution in [2.24, 2.45) is 5.92 Å². The van der Waals surface area contributed by atoms with Gasteiger partial charge in [-0.1, -0.05) is 81.4 Å². The van der Waals surface area contributed by atoms with E-state index in [0.717, 1.165) is 15.3 Å². The monoisotopic (exact) mass is 497 g/mol. The summed E-state index contributed by atoms with van der Waals surface area (Å²) in [6, 6.07) is 19.3. The van der Waals surface area contributed by atoms with E-state index in [2.05, 4.69) is 45.0 Å². The molecule has 7 nitrogen and oxygen atoms in total. The zero-order valence-corrected chi connectivity index (χ0v) is 22.3. The highest BCUT2D eigenvalue weighted by Gasteiger charge is 2.53. The van der Waals surface area contributed by atoms with Gasteiger partial charge in [0.2, 0.25) is 5.91 Å². The first-order valence-electron chi connectivity index (χ1n) is 11.8. The summed E-state index contributed by atoms with van der Waals surface area (Å²) in [5.41, 5.74) is -0.831. The molecule has 1 aliphatic rings. The molecule has 35 heavy (non-hydrogen) atoms. The predicted molar refractivity (Wildman–Crippen MR) is 136 cm³/mol. The van der Waals surface area contributed by atoms with E-state index < -0.39 is 43.8 Å². The SMILES string of the molecule is CC(C)(C)OC(=O)N1C(=O)C(C(=O)O)C[C@H]1CO[Si](c1ccccc1)(c1ccccc1)C(C)(C)C. The third-order valence-corrected chi connectivity index (χ3v) is 11.2. The fourth-order valence-corrected chi connectivity index (χ4v) is 9.31. The molecule has 0 spiro atoms. The van der Waals surface area contributed by atoms with Gasteiger partial charge in [-0.3, -0.25) is 9.59 Å². The van der Waals surface area contributed by atoms with E-state index in [0.29, 0.717) is 0 Å². The number of amides is 2. The Morgan fingerprint density at radius 3 is 1.83 bits per heavy atom. The molecule has 1 fully saturated rings. The second kappa shape index (κ2) is 9.95. The number of imide groups is 1. The number of aliphatic carboxylic acids is 1. The standard InChI is InChI=1S/C27H35NO6Si/c1-26(2,3)34-25(32)28-19(17-22(23(28)29)24(30)31)18-33-35(27(4,5)6,20-13-9-7-10-14-20)21-15-11-8-12-16-21/h7-16,19,22H,17-18H2,1-6H3,(H,30,31)/t19-,22?/m0/s1. The number of likely N-dealkylation sites (tertiary alicyclic amines) is 1. The lowest BCUT2D eigenvalue weighted by atomic mass is 10.1. The van der Waals surface area contributed by atoms with Crippen LogP contribution in [0.1, 0.15) is 48.0 Å². The van der Waals surface area contributed by atoms with E-state index >= 15 is 0 Å².